The lowest BCUT2D eigenvalue weighted by atomic mass is 10.2. The van der Waals surface area contributed by atoms with Crippen LogP contribution in [0.4, 0.5) is 10.1 Å². The second kappa shape index (κ2) is 6.21. The predicted octanol–water partition coefficient (Wildman–Crippen LogP) is 5.46. The van der Waals surface area contributed by atoms with Gasteiger partial charge in [0.25, 0.3) is 0 Å². The van der Waals surface area contributed by atoms with Gasteiger partial charge in [-0.1, -0.05) is 17.7 Å². The van der Waals surface area contributed by atoms with Gasteiger partial charge in [-0.25, -0.2) is 4.39 Å². The third-order valence-corrected chi connectivity index (χ3v) is 5.03. The fourth-order valence-electron chi connectivity index (χ4n) is 1.46. The molecule has 1 nitrogen and oxygen atoms in total. The van der Waals surface area contributed by atoms with Gasteiger partial charge in [0, 0.05) is 20.3 Å². The Bertz CT molecular complexity index is 525. The molecule has 0 spiro atoms. The minimum Gasteiger partial charge on any atom is -0.381 e. The van der Waals surface area contributed by atoms with E-state index in [1.54, 1.807) is 12.1 Å². The van der Waals surface area contributed by atoms with E-state index in [2.05, 4.69) is 43.8 Å². The second-order valence-corrected chi connectivity index (χ2v) is 6.15. The van der Waals surface area contributed by atoms with Crippen LogP contribution >= 0.6 is 50.1 Å². The Morgan fingerprint density at radius 3 is 2.67 bits per heavy atom. The monoisotopic (exact) mass is 439 g/mol. The average molecular weight is 440 g/mol. The van der Waals surface area contributed by atoms with E-state index in [1.807, 2.05) is 18.2 Å². The Morgan fingerprint density at radius 2 is 2.00 bits per heavy atom. The van der Waals surface area contributed by atoms with Crippen LogP contribution in [0, 0.1) is 9.39 Å². The van der Waals surface area contributed by atoms with Gasteiger partial charge in [-0.3, -0.25) is 0 Å². The van der Waals surface area contributed by atoms with Crippen molar-refractivity contribution in [3.8, 4) is 0 Å². The van der Waals surface area contributed by atoms with E-state index in [0.717, 1.165) is 19.3 Å². The van der Waals surface area contributed by atoms with Gasteiger partial charge in [-0.15, -0.1) is 0 Å². The van der Waals surface area contributed by atoms with E-state index >= 15 is 0 Å². The normalized spacial score (nSPS) is 10.4. The molecule has 2 aromatic carbocycles. The molecule has 0 aliphatic heterocycles. The van der Waals surface area contributed by atoms with Crippen LogP contribution in [-0.4, -0.2) is 0 Å². The largest absolute Gasteiger partial charge is 0.381 e. The van der Waals surface area contributed by atoms with Crippen molar-refractivity contribution in [1.29, 1.82) is 0 Å². The van der Waals surface area contributed by atoms with E-state index in [1.165, 1.54) is 6.07 Å². The Kier molecular flexibility index (Phi) is 4.86. The first-order valence-corrected chi connectivity index (χ1v) is 7.44. The van der Waals surface area contributed by atoms with Crippen molar-refractivity contribution in [2.24, 2.45) is 0 Å². The summed E-state index contributed by atoms with van der Waals surface area (Å²) in [6.07, 6.45) is 0. The lowest BCUT2D eigenvalue weighted by Gasteiger charge is -2.08. The lowest BCUT2D eigenvalue weighted by molar-refractivity contribution is 0.627. The van der Waals surface area contributed by atoms with Crippen molar-refractivity contribution in [2.45, 2.75) is 6.54 Å². The molecule has 0 bridgehead atoms. The van der Waals surface area contributed by atoms with Gasteiger partial charge in [-0.2, -0.15) is 0 Å². The molecule has 2 aromatic rings. The van der Waals surface area contributed by atoms with Crippen LogP contribution in [0.15, 0.2) is 40.9 Å². The third kappa shape index (κ3) is 3.59. The van der Waals surface area contributed by atoms with Crippen LogP contribution < -0.4 is 5.32 Å². The highest BCUT2D eigenvalue weighted by molar-refractivity contribution is 14.1. The van der Waals surface area contributed by atoms with E-state index in [-0.39, 0.29) is 5.02 Å². The number of rotatable bonds is 3. The molecule has 0 saturated heterocycles. The van der Waals surface area contributed by atoms with Crippen LogP contribution in [-0.2, 0) is 6.54 Å². The molecule has 0 heterocycles. The Balaban J connectivity index is 2.06. The van der Waals surface area contributed by atoms with Gasteiger partial charge in [0.05, 0.1) is 5.02 Å². The van der Waals surface area contributed by atoms with E-state index in [4.69, 9.17) is 11.6 Å². The number of hydrogen-bond donors (Lipinski definition) is 1. The minimum absolute atomic E-state index is 0.151. The summed E-state index contributed by atoms with van der Waals surface area (Å²) in [6.45, 7) is 0.604. The molecule has 0 unspecified atom stereocenters. The first-order valence-electron chi connectivity index (χ1n) is 5.19. The predicted molar refractivity (Wildman–Crippen MR) is 85.6 cm³/mol. The first kappa shape index (κ1) is 14.1. The molecule has 18 heavy (non-hydrogen) atoms. The van der Waals surface area contributed by atoms with Crippen LogP contribution in [0.2, 0.25) is 5.02 Å². The quantitative estimate of drug-likeness (QED) is 0.625. The zero-order valence-corrected chi connectivity index (χ0v) is 13.7. The molecule has 2 rings (SSSR count). The lowest BCUT2D eigenvalue weighted by Crippen LogP contribution is -1.99. The Morgan fingerprint density at radius 1 is 1.22 bits per heavy atom. The smallest absolute Gasteiger partial charge is 0.141 e. The third-order valence-electron chi connectivity index (χ3n) is 2.40. The van der Waals surface area contributed by atoms with Gasteiger partial charge in [0.2, 0.25) is 0 Å². The summed E-state index contributed by atoms with van der Waals surface area (Å²) < 4.78 is 15.2. The molecule has 0 aliphatic rings. The van der Waals surface area contributed by atoms with E-state index in [9.17, 15) is 4.39 Å². The van der Waals surface area contributed by atoms with Crippen LogP contribution in [0.1, 0.15) is 5.56 Å². The van der Waals surface area contributed by atoms with Gasteiger partial charge in [0.15, 0.2) is 0 Å². The van der Waals surface area contributed by atoms with Crippen molar-refractivity contribution >= 4 is 55.8 Å². The van der Waals surface area contributed by atoms with Crippen molar-refractivity contribution < 1.29 is 4.39 Å². The zero-order chi connectivity index (χ0) is 13.1. The van der Waals surface area contributed by atoms with Crippen molar-refractivity contribution in [3.63, 3.8) is 0 Å². The highest BCUT2D eigenvalue weighted by Crippen LogP contribution is 2.23. The molecule has 0 radical (unpaired) electrons. The van der Waals surface area contributed by atoms with Crippen LogP contribution in [0.5, 0.6) is 0 Å². The summed E-state index contributed by atoms with van der Waals surface area (Å²) in [6, 6.07) is 10.7. The average Bonchev–Trinajstić information content (AvgIpc) is 2.35. The number of hydrogen-bond acceptors (Lipinski definition) is 1. The number of nitrogens with one attached hydrogen (secondary N) is 1. The van der Waals surface area contributed by atoms with Crippen molar-refractivity contribution in [1.82, 2.24) is 0 Å². The second-order valence-electron chi connectivity index (χ2n) is 3.73. The van der Waals surface area contributed by atoms with Crippen LogP contribution in [0.3, 0.4) is 0 Å². The van der Waals surface area contributed by atoms with Gasteiger partial charge in [0.1, 0.15) is 5.82 Å². The maximum absolute atomic E-state index is 13.0. The van der Waals surface area contributed by atoms with Crippen molar-refractivity contribution in [3.05, 3.63) is 60.8 Å². The molecule has 0 aliphatic carbocycles. The maximum atomic E-state index is 13.0. The summed E-state index contributed by atoms with van der Waals surface area (Å²) in [5, 5.41) is 3.41. The van der Waals surface area contributed by atoms with Gasteiger partial charge in [-0.05, 0) is 74.4 Å². The molecular formula is C13H9BrClFIN. The van der Waals surface area contributed by atoms with Gasteiger partial charge < -0.3 is 5.32 Å². The number of halogens is 4. The van der Waals surface area contributed by atoms with Gasteiger partial charge >= 0.3 is 0 Å². The molecule has 5 heteroatoms. The standard InChI is InChI=1S/C13H9BrClFIN/c14-10-6-9(2-4-13(10)17)18-7-8-1-3-12(16)11(15)5-8/h1-6,18H,7H2. The van der Waals surface area contributed by atoms with E-state index in [0.29, 0.717) is 6.54 Å². The molecule has 0 fully saturated rings. The Labute approximate surface area is 132 Å². The van der Waals surface area contributed by atoms with Crippen LogP contribution in [0.25, 0.3) is 0 Å². The molecular weight excluding hydrogens is 431 g/mol. The summed E-state index contributed by atoms with van der Waals surface area (Å²) >= 11 is 11.5. The Hall–Kier alpha value is -0.330. The SMILES string of the molecule is Fc1ccc(CNc2ccc(I)c(Br)c2)cc1Cl. The summed E-state index contributed by atoms with van der Waals surface area (Å²) in [4.78, 5) is 0. The first-order chi connectivity index (χ1) is 8.56. The highest BCUT2D eigenvalue weighted by atomic mass is 127. The summed E-state index contributed by atoms with van der Waals surface area (Å²) in [5.74, 6) is -0.391. The van der Waals surface area contributed by atoms with E-state index < -0.39 is 5.82 Å². The van der Waals surface area contributed by atoms with Crippen molar-refractivity contribution in [2.75, 3.05) is 5.32 Å². The molecule has 0 amide bonds. The highest BCUT2D eigenvalue weighted by Gasteiger charge is 2.02. The molecule has 0 saturated carbocycles. The molecule has 94 valence electrons. The molecule has 0 aromatic heterocycles. The minimum atomic E-state index is -0.391. The summed E-state index contributed by atoms with van der Waals surface area (Å²) in [5.41, 5.74) is 1.94. The number of anilines is 1. The molecule has 0 atom stereocenters. The fraction of sp³-hybridized carbons (Fsp3) is 0.0769. The fourth-order valence-corrected chi connectivity index (χ4v) is 2.38. The molecule has 1 N–H and O–H groups in total. The zero-order valence-electron chi connectivity index (χ0n) is 9.18. The number of benzene rings is 2. The maximum Gasteiger partial charge on any atom is 0.141 e. The summed E-state index contributed by atoms with van der Waals surface area (Å²) in [7, 11) is 0. The topological polar surface area (TPSA) is 12.0 Å².